The average molecular weight is 265 g/mol. The minimum absolute atomic E-state index is 0.318. The fourth-order valence-corrected chi connectivity index (χ4v) is 2.42. The number of nitrogens with one attached hydrogen (secondary N) is 1. The molecular formula is C14H23N3O2. The second-order valence-electron chi connectivity index (χ2n) is 5.65. The van der Waals surface area contributed by atoms with Crippen molar-refractivity contribution >= 4 is 6.01 Å². The highest BCUT2D eigenvalue weighted by Crippen LogP contribution is 2.20. The Hall–Kier alpha value is -1.07. The van der Waals surface area contributed by atoms with E-state index >= 15 is 0 Å². The van der Waals surface area contributed by atoms with Crippen LogP contribution in [0.4, 0.5) is 6.01 Å². The number of ether oxygens (including phenoxy) is 1. The largest absolute Gasteiger partial charge is 0.432 e. The van der Waals surface area contributed by atoms with Crippen LogP contribution in [0.3, 0.4) is 0 Å². The Labute approximate surface area is 114 Å². The van der Waals surface area contributed by atoms with Gasteiger partial charge < -0.3 is 19.4 Å². The van der Waals surface area contributed by atoms with Gasteiger partial charge in [0.15, 0.2) is 0 Å². The van der Waals surface area contributed by atoms with Crippen molar-refractivity contribution in [3.05, 3.63) is 12.0 Å². The number of nitrogens with zero attached hydrogens (tertiary/aromatic N) is 2. The first-order valence-electron chi connectivity index (χ1n) is 7.32. The summed E-state index contributed by atoms with van der Waals surface area (Å²) < 4.78 is 11.3. The Morgan fingerprint density at radius 2 is 2.26 bits per heavy atom. The van der Waals surface area contributed by atoms with Crippen LogP contribution in [0.15, 0.2) is 10.7 Å². The van der Waals surface area contributed by atoms with Gasteiger partial charge in [-0.25, -0.2) is 0 Å². The van der Waals surface area contributed by atoms with E-state index < -0.39 is 0 Å². The van der Waals surface area contributed by atoms with Gasteiger partial charge in [-0.05, 0) is 32.1 Å². The number of hydrogen-bond acceptors (Lipinski definition) is 5. The van der Waals surface area contributed by atoms with Crippen molar-refractivity contribution in [3.63, 3.8) is 0 Å². The normalized spacial score (nSPS) is 23.5. The van der Waals surface area contributed by atoms with E-state index in [4.69, 9.17) is 9.15 Å². The number of rotatable bonds is 6. The van der Waals surface area contributed by atoms with Gasteiger partial charge in [-0.2, -0.15) is 4.98 Å². The molecule has 1 aromatic rings. The van der Waals surface area contributed by atoms with Gasteiger partial charge in [-0.1, -0.05) is 0 Å². The van der Waals surface area contributed by atoms with Crippen molar-refractivity contribution in [1.29, 1.82) is 0 Å². The predicted molar refractivity (Wildman–Crippen MR) is 73.2 cm³/mol. The molecule has 0 radical (unpaired) electrons. The quantitative estimate of drug-likeness (QED) is 0.851. The minimum Gasteiger partial charge on any atom is -0.432 e. The van der Waals surface area contributed by atoms with Crippen molar-refractivity contribution in [2.45, 2.75) is 50.8 Å². The molecule has 106 valence electrons. The lowest BCUT2D eigenvalue weighted by Gasteiger charge is -2.26. The molecule has 19 heavy (non-hydrogen) atoms. The topological polar surface area (TPSA) is 50.5 Å². The van der Waals surface area contributed by atoms with E-state index in [1.807, 2.05) is 7.05 Å². The van der Waals surface area contributed by atoms with Gasteiger partial charge in [-0.3, -0.25) is 0 Å². The highest BCUT2D eigenvalue weighted by Gasteiger charge is 2.21. The van der Waals surface area contributed by atoms with Crippen LogP contribution in [0.1, 0.15) is 37.8 Å². The van der Waals surface area contributed by atoms with E-state index in [9.17, 15) is 0 Å². The van der Waals surface area contributed by atoms with Crippen LogP contribution in [0.5, 0.6) is 0 Å². The molecule has 0 spiro atoms. The Bertz CT molecular complexity index is 397. The summed E-state index contributed by atoms with van der Waals surface area (Å²) in [4.78, 5) is 6.57. The van der Waals surface area contributed by atoms with Crippen LogP contribution in [0, 0.1) is 0 Å². The van der Waals surface area contributed by atoms with Crippen molar-refractivity contribution in [2.75, 3.05) is 25.1 Å². The van der Waals surface area contributed by atoms with Gasteiger partial charge in [0, 0.05) is 32.8 Å². The molecule has 1 N–H and O–H groups in total. The average Bonchev–Trinajstić information content (AvgIpc) is 3.14. The van der Waals surface area contributed by atoms with Crippen molar-refractivity contribution in [2.24, 2.45) is 0 Å². The standard InChI is InChI=1S/C14H23N3O2/c1-17(9-13-4-2-3-7-18-13)14-16-12(10-19-14)8-15-11-5-6-11/h10-11,13,15H,2-9H2,1H3. The lowest BCUT2D eigenvalue weighted by atomic mass is 10.1. The van der Waals surface area contributed by atoms with E-state index in [1.54, 1.807) is 6.26 Å². The third-order valence-corrected chi connectivity index (χ3v) is 3.77. The zero-order valence-corrected chi connectivity index (χ0v) is 11.6. The Morgan fingerprint density at radius 1 is 1.37 bits per heavy atom. The number of anilines is 1. The first-order chi connectivity index (χ1) is 9.31. The maximum absolute atomic E-state index is 5.74. The monoisotopic (exact) mass is 265 g/mol. The molecule has 2 heterocycles. The molecule has 5 heteroatoms. The SMILES string of the molecule is CN(CC1CCCCO1)c1nc(CNC2CC2)co1. The van der Waals surface area contributed by atoms with Crippen LogP contribution in [0.2, 0.25) is 0 Å². The summed E-state index contributed by atoms with van der Waals surface area (Å²) in [5.41, 5.74) is 0.985. The molecule has 3 rings (SSSR count). The molecule has 0 amide bonds. The fourth-order valence-electron chi connectivity index (χ4n) is 2.42. The van der Waals surface area contributed by atoms with Crippen molar-refractivity contribution in [3.8, 4) is 0 Å². The Morgan fingerprint density at radius 3 is 3.00 bits per heavy atom. The molecule has 5 nitrogen and oxygen atoms in total. The van der Waals surface area contributed by atoms with E-state index in [-0.39, 0.29) is 0 Å². The smallest absolute Gasteiger partial charge is 0.297 e. The van der Waals surface area contributed by atoms with Crippen LogP contribution in [-0.2, 0) is 11.3 Å². The van der Waals surface area contributed by atoms with Gasteiger partial charge in [0.2, 0.25) is 0 Å². The summed E-state index contributed by atoms with van der Waals surface area (Å²) in [7, 11) is 2.02. The van der Waals surface area contributed by atoms with E-state index in [1.165, 1.54) is 25.7 Å². The molecular weight excluding hydrogens is 242 g/mol. The second-order valence-corrected chi connectivity index (χ2v) is 5.65. The summed E-state index contributed by atoms with van der Waals surface area (Å²) in [5.74, 6) is 0. The highest BCUT2D eigenvalue weighted by atomic mass is 16.5. The second kappa shape index (κ2) is 5.92. The third kappa shape index (κ3) is 3.70. The molecule has 2 fully saturated rings. The van der Waals surface area contributed by atoms with Gasteiger partial charge >= 0.3 is 0 Å². The van der Waals surface area contributed by atoms with Crippen LogP contribution in [-0.4, -0.2) is 37.3 Å². The Kier molecular flexibility index (Phi) is 4.03. The maximum Gasteiger partial charge on any atom is 0.297 e. The third-order valence-electron chi connectivity index (χ3n) is 3.77. The van der Waals surface area contributed by atoms with E-state index in [2.05, 4.69) is 15.2 Å². The van der Waals surface area contributed by atoms with Gasteiger partial charge in [-0.15, -0.1) is 0 Å². The fraction of sp³-hybridized carbons (Fsp3) is 0.786. The maximum atomic E-state index is 5.74. The lowest BCUT2D eigenvalue weighted by Crippen LogP contribution is -2.33. The van der Waals surface area contributed by atoms with Crippen LogP contribution in [0.25, 0.3) is 0 Å². The molecule has 1 aromatic heterocycles. The summed E-state index contributed by atoms with van der Waals surface area (Å²) in [6.07, 6.45) is 8.26. The molecule has 1 aliphatic carbocycles. The molecule has 2 aliphatic rings. The van der Waals surface area contributed by atoms with Crippen molar-refractivity contribution < 1.29 is 9.15 Å². The zero-order chi connectivity index (χ0) is 13.1. The van der Waals surface area contributed by atoms with Crippen LogP contribution >= 0.6 is 0 Å². The van der Waals surface area contributed by atoms with Gasteiger partial charge in [0.1, 0.15) is 6.26 Å². The molecule has 1 saturated carbocycles. The number of aromatic nitrogens is 1. The molecule has 1 unspecified atom stereocenters. The number of oxazole rings is 1. The number of hydrogen-bond donors (Lipinski definition) is 1. The van der Waals surface area contributed by atoms with E-state index in [0.29, 0.717) is 18.2 Å². The molecule has 1 saturated heterocycles. The highest BCUT2D eigenvalue weighted by molar-refractivity contribution is 5.25. The zero-order valence-electron chi connectivity index (χ0n) is 11.6. The summed E-state index contributed by atoms with van der Waals surface area (Å²) >= 11 is 0. The van der Waals surface area contributed by atoms with Crippen molar-refractivity contribution in [1.82, 2.24) is 10.3 Å². The van der Waals surface area contributed by atoms with Gasteiger partial charge in [0.05, 0.1) is 11.8 Å². The Balaban J connectivity index is 1.48. The van der Waals surface area contributed by atoms with Crippen LogP contribution < -0.4 is 10.2 Å². The van der Waals surface area contributed by atoms with Gasteiger partial charge in [0.25, 0.3) is 6.01 Å². The summed E-state index contributed by atoms with van der Waals surface area (Å²) in [6.45, 7) is 2.55. The first kappa shape index (κ1) is 12.9. The molecule has 1 aliphatic heterocycles. The summed E-state index contributed by atoms with van der Waals surface area (Å²) in [5, 5.41) is 3.44. The molecule has 1 atom stereocenters. The van der Waals surface area contributed by atoms with E-state index in [0.717, 1.165) is 31.8 Å². The summed E-state index contributed by atoms with van der Waals surface area (Å²) in [6, 6.07) is 1.40. The minimum atomic E-state index is 0.318. The molecule has 0 bridgehead atoms. The lowest BCUT2D eigenvalue weighted by molar-refractivity contribution is 0.0211. The predicted octanol–water partition coefficient (Wildman–Crippen LogP) is 1.93. The number of likely N-dealkylation sites (N-methyl/N-ethyl adjacent to an activating group) is 1. The molecule has 0 aromatic carbocycles. The first-order valence-corrected chi connectivity index (χ1v) is 7.32.